The lowest BCUT2D eigenvalue weighted by molar-refractivity contribution is 0.110. The quantitative estimate of drug-likeness (QED) is 0.850. The normalized spacial score (nSPS) is 27.5. The van der Waals surface area contributed by atoms with Gasteiger partial charge in [-0.2, -0.15) is 0 Å². The van der Waals surface area contributed by atoms with Gasteiger partial charge in [-0.05, 0) is 30.9 Å². The molecule has 1 aliphatic carbocycles. The van der Waals surface area contributed by atoms with Crippen LogP contribution in [0.1, 0.15) is 57.1 Å². The van der Waals surface area contributed by atoms with E-state index in [0.29, 0.717) is 12.1 Å². The van der Waals surface area contributed by atoms with Gasteiger partial charge in [0, 0.05) is 25.2 Å². The van der Waals surface area contributed by atoms with Crippen molar-refractivity contribution >= 4 is 0 Å². The molecule has 0 bridgehead atoms. The zero-order valence-corrected chi connectivity index (χ0v) is 13.4. The molecule has 0 radical (unpaired) electrons. The molecule has 2 unspecified atom stereocenters. The van der Waals surface area contributed by atoms with Crippen LogP contribution in [0.2, 0.25) is 0 Å². The molecule has 0 aromatic heterocycles. The van der Waals surface area contributed by atoms with E-state index in [1.807, 2.05) is 0 Å². The van der Waals surface area contributed by atoms with Gasteiger partial charge in [-0.15, -0.1) is 0 Å². The second-order valence-corrected chi connectivity index (χ2v) is 6.90. The summed E-state index contributed by atoms with van der Waals surface area (Å²) >= 11 is 0. The molecule has 2 aliphatic rings. The van der Waals surface area contributed by atoms with Crippen LogP contribution >= 0.6 is 0 Å². The van der Waals surface area contributed by atoms with E-state index in [1.54, 1.807) is 0 Å². The van der Waals surface area contributed by atoms with Crippen LogP contribution in [0.25, 0.3) is 0 Å². The fraction of sp³-hybridized carbons (Fsp3) is 0.684. The molecule has 2 heteroatoms. The van der Waals surface area contributed by atoms with E-state index >= 15 is 0 Å². The molecule has 1 aliphatic heterocycles. The molecule has 21 heavy (non-hydrogen) atoms. The first-order chi connectivity index (χ1) is 10.4. The van der Waals surface area contributed by atoms with Gasteiger partial charge in [-0.1, -0.05) is 62.9 Å². The molecule has 1 aromatic rings. The molecule has 1 saturated carbocycles. The van der Waals surface area contributed by atoms with Crippen molar-refractivity contribution in [3.05, 3.63) is 35.9 Å². The maximum atomic E-state index is 3.77. The molecular formula is C19H30N2. The van der Waals surface area contributed by atoms with Crippen molar-refractivity contribution in [1.82, 2.24) is 10.2 Å². The third-order valence-electron chi connectivity index (χ3n) is 5.37. The van der Waals surface area contributed by atoms with E-state index in [1.165, 1.54) is 57.2 Å². The van der Waals surface area contributed by atoms with Gasteiger partial charge in [-0.25, -0.2) is 0 Å². The maximum Gasteiger partial charge on any atom is 0.0473 e. The average Bonchev–Trinajstić information content (AvgIpc) is 2.47. The van der Waals surface area contributed by atoms with Gasteiger partial charge < -0.3 is 5.32 Å². The first-order valence-corrected chi connectivity index (χ1v) is 8.89. The number of hydrogen-bond donors (Lipinski definition) is 1. The molecule has 3 rings (SSSR count). The Labute approximate surface area is 129 Å². The van der Waals surface area contributed by atoms with Crippen molar-refractivity contribution in [2.75, 3.05) is 19.6 Å². The Bertz CT molecular complexity index is 413. The molecule has 116 valence electrons. The van der Waals surface area contributed by atoms with Crippen LogP contribution in [0.15, 0.2) is 30.3 Å². The number of piperazine rings is 1. The second kappa shape index (κ2) is 7.42. The molecule has 2 atom stereocenters. The van der Waals surface area contributed by atoms with Crippen LogP contribution in [0.5, 0.6) is 0 Å². The zero-order valence-electron chi connectivity index (χ0n) is 13.4. The van der Waals surface area contributed by atoms with Crippen molar-refractivity contribution in [3.63, 3.8) is 0 Å². The van der Waals surface area contributed by atoms with Crippen molar-refractivity contribution in [3.8, 4) is 0 Å². The minimum atomic E-state index is 0.569. The fourth-order valence-electron chi connectivity index (χ4n) is 3.80. The maximum absolute atomic E-state index is 3.77. The number of rotatable bonds is 6. The Hall–Kier alpha value is -0.860. The van der Waals surface area contributed by atoms with E-state index in [4.69, 9.17) is 0 Å². The fourth-order valence-corrected chi connectivity index (χ4v) is 3.80. The highest BCUT2D eigenvalue weighted by Crippen LogP contribution is 2.31. The van der Waals surface area contributed by atoms with Gasteiger partial charge >= 0.3 is 0 Å². The number of benzene rings is 1. The van der Waals surface area contributed by atoms with Crippen molar-refractivity contribution < 1.29 is 0 Å². The molecule has 0 amide bonds. The van der Waals surface area contributed by atoms with E-state index in [-0.39, 0.29) is 0 Å². The average molecular weight is 286 g/mol. The molecule has 2 fully saturated rings. The second-order valence-electron chi connectivity index (χ2n) is 6.90. The predicted octanol–water partition coefficient (Wildman–Crippen LogP) is 3.99. The largest absolute Gasteiger partial charge is 0.311 e. The molecule has 1 saturated heterocycles. The predicted molar refractivity (Wildman–Crippen MR) is 89.4 cm³/mol. The van der Waals surface area contributed by atoms with Crippen LogP contribution < -0.4 is 5.32 Å². The van der Waals surface area contributed by atoms with Crippen LogP contribution in [0.4, 0.5) is 0 Å². The van der Waals surface area contributed by atoms with E-state index in [0.717, 1.165) is 12.5 Å². The lowest BCUT2D eigenvalue weighted by atomic mass is 9.82. The van der Waals surface area contributed by atoms with Gasteiger partial charge in [0.1, 0.15) is 0 Å². The van der Waals surface area contributed by atoms with Crippen LogP contribution in [-0.2, 0) is 0 Å². The summed E-state index contributed by atoms with van der Waals surface area (Å²) in [7, 11) is 0. The molecule has 1 N–H and O–H groups in total. The lowest BCUT2D eigenvalue weighted by Crippen LogP contribution is -2.52. The highest BCUT2D eigenvalue weighted by atomic mass is 15.2. The summed E-state index contributed by atoms with van der Waals surface area (Å²) in [6, 6.07) is 12.3. The van der Waals surface area contributed by atoms with Crippen LogP contribution in [0.3, 0.4) is 0 Å². The van der Waals surface area contributed by atoms with Gasteiger partial charge in [0.05, 0.1) is 0 Å². The summed E-state index contributed by atoms with van der Waals surface area (Å²) in [5.41, 5.74) is 1.48. The summed E-state index contributed by atoms with van der Waals surface area (Å²) in [6.07, 6.45) is 8.40. The summed E-state index contributed by atoms with van der Waals surface area (Å²) in [4.78, 5) is 2.75. The third-order valence-corrected chi connectivity index (χ3v) is 5.37. The zero-order chi connectivity index (χ0) is 14.5. The van der Waals surface area contributed by atoms with E-state index in [9.17, 15) is 0 Å². The first-order valence-electron chi connectivity index (χ1n) is 8.89. The Kier molecular flexibility index (Phi) is 5.32. The summed E-state index contributed by atoms with van der Waals surface area (Å²) in [6.45, 7) is 5.91. The van der Waals surface area contributed by atoms with Crippen molar-refractivity contribution in [2.45, 2.75) is 57.5 Å². The molecular weight excluding hydrogens is 256 g/mol. The number of nitrogens with one attached hydrogen (secondary N) is 1. The molecule has 2 nitrogen and oxygen atoms in total. The minimum absolute atomic E-state index is 0.569. The Morgan fingerprint density at radius 1 is 1.14 bits per heavy atom. The van der Waals surface area contributed by atoms with Crippen LogP contribution in [0, 0.1) is 5.92 Å². The van der Waals surface area contributed by atoms with Crippen molar-refractivity contribution in [2.24, 2.45) is 5.92 Å². The number of nitrogens with zero attached hydrogens (tertiary/aromatic N) is 1. The third kappa shape index (κ3) is 3.87. The van der Waals surface area contributed by atoms with E-state index < -0.39 is 0 Å². The highest BCUT2D eigenvalue weighted by molar-refractivity contribution is 5.20. The summed E-state index contributed by atoms with van der Waals surface area (Å²) < 4.78 is 0. The molecule has 1 aromatic carbocycles. The Morgan fingerprint density at radius 3 is 2.62 bits per heavy atom. The smallest absolute Gasteiger partial charge is 0.0473 e. The van der Waals surface area contributed by atoms with Gasteiger partial charge in [-0.3, -0.25) is 4.90 Å². The first kappa shape index (κ1) is 15.1. The standard InChI is InChI=1S/C19H30N2/c1-2-7-18-15-21(13-12-16-8-6-9-16)19(14-20-18)17-10-4-3-5-11-17/h3-5,10-11,16,18-20H,2,6-9,12-15H2,1H3. The van der Waals surface area contributed by atoms with E-state index in [2.05, 4.69) is 47.5 Å². The molecule has 0 spiro atoms. The van der Waals surface area contributed by atoms with Crippen molar-refractivity contribution in [1.29, 1.82) is 0 Å². The monoisotopic (exact) mass is 286 g/mol. The minimum Gasteiger partial charge on any atom is -0.311 e. The van der Waals surface area contributed by atoms with Gasteiger partial charge in [0.2, 0.25) is 0 Å². The summed E-state index contributed by atoms with van der Waals surface area (Å²) in [5, 5.41) is 3.77. The highest BCUT2D eigenvalue weighted by Gasteiger charge is 2.29. The van der Waals surface area contributed by atoms with Gasteiger partial charge in [0.15, 0.2) is 0 Å². The Balaban J connectivity index is 1.64. The van der Waals surface area contributed by atoms with Gasteiger partial charge in [0.25, 0.3) is 0 Å². The SMILES string of the molecule is CCCC1CN(CCC2CCC2)C(c2ccccc2)CN1. The van der Waals surface area contributed by atoms with Crippen LogP contribution in [-0.4, -0.2) is 30.6 Å². The number of hydrogen-bond acceptors (Lipinski definition) is 2. The molecule has 1 heterocycles. The summed E-state index contributed by atoms with van der Waals surface area (Å²) in [5.74, 6) is 1.01. The topological polar surface area (TPSA) is 15.3 Å². The lowest BCUT2D eigenvalue weighted by Gasteiger charge is -2.42. The Morgan fingerprint density at radius 2 is 1.95 bits per heavy atom.